The van der Waals surface area contributed by atoms with Gasteiger partial charge < -0.3 is 4.90 Å². The van der Waals surface area contributed by atoms with Gasteiger partial charge in [-0.25, -0.2) is 0 Å². The van der Waals surface area contributed by atoms with Gasteiger partial charge in [0.2, 0.25) is 0 Å². The van der Waals surface area contributed by atoms with E-state index >= 15 is 0 Å². The molecule has 0 radical (unpaired) electrons. The van der Waals surface area contributed by atoms with E-state index in [9.17, 15) is 4.79 Å². The van der Waals surface area contributed by atoms with Crippen LogP contribution in [0, 0.1) is 0 Å². The van der Waals surface area contributed by atoms with Crippen molar-refractivity contribution in [2.45, 2.75) is 39.8 Å². The maximum absolute atomic E-state index is 13.0. The summed E-state index contributed by atoms with van der Waals surface area (Å²) in [6.07, 6.45) is 2.55. The van der Waals surface area contributed by atoms with Gasteiger partial charge in [-0.1, -0.05) is 37.3 Å². The first-order valence-electron chi connectivity index (χ1n) is 9.22. The van der Waals surface area contributed by atoms with Crippen LogP contribution in [0.4, 0.5) is 0 Å². The summed E-state index contributed by atoms with van der Waals surface area (Å²) >= 11 is 0. The molecule has 134 valence electrons. The summed E-state index contributed by atoms with van der Waals surface area (Å²) in [6, 6.07) is 10.8. The van der Waals surface area contributed by atoms with Crippen LogP contribution in [-0.4, -0.2) is 57.7 Å². The molecule has 3 rings (SSSR count). The van der Waals surface area contributed by atoms with E-state index in [1.54, 1.807) is 6.20 Å². The number of amides is 1. The Balaban J connectivity index is 1.73. The molecule has 1 aliphatic rings. The number of rotatable bonds is 5. The van der Waals surface area contributed by atoms with Crippen LogP contribution in [-0.2, 0) is 13.0 Å². The summed E-state index contributed by atoms with van der Waals surface area (Å²) in [7, 11) is 0. The number of nitrogens with zero attached hydrogens (tertiary/aromatic N) is 4. The SMILES string of the molecule is CCc1c(C(=O)N2CCN(C(C)C)CC2)cnn1Cc1ccccc1. The summed E-state index contributed by atoms with van der Waals surface area (Å²) in [5, 5.41) is 4.50. The van der Waals surface area contributed by atoms with E-state index in [0.29, 0.717) is 12.6 Å². The Morgan fingerprint density at radius 2 is 1.80 bits per heavy atom. The summed E-state index contributed by atoms with van der Waals surface area (Å²) in [4.78, 5) is 17.4. The fourth-order valence-corrected chi connectivity index (χ4v) is 3.47. The molecule has 0 N–H and O–H groups in total. The first-order valence-corrected chi connectivity index (χ1v) is 9.22. The quantitative estimate of drug-likeness (QED) is 0.840. The van der Waals surface area contributed by atoms with Crippen molar-refractivity contribution in [2.75, 3.05) is 26.2 Å². The van der Waals surface area contributed by atoms with Crippen molar-refractivity contribution in [1.29, 1.82) is 0 Å². The number of aromatic nitrogens is 2. The Bertz CT molecular complexity index is 700. The van der Waals surface area contributed by atoms with Crippen molar-refractivity contribution in [3.63, 3.8) is 0 Å². The average molecular weight is 340 g/mol. The van der Waals surface area contributed by atoms with Gasteiger partial charge in [0.15, 0.2) is 0 Å². The molecule has 0 bridgehead atoms. The number of piperazine rings is 1. The number of hydrogen-bond donors (Lipinski definition) is 0. The second-order valence-corrected chi connectivity index (χ2v) is 6.92. The smallest absolute Gasteiger partial charge is 0.257 e. The lowest BCUT2D eigenvalue weighted by Gasteiger charge is -2.36. The molecule has 0 atom stereocenters. The molecule has 0 aliphatic carbocycles. The largest absolute Gasteiger partial charge is 0.336 e. The number of hydrogen-bond acceptors (Lipinski definition) is 3. The van der Waals surface area contributed by atoms with Crippen LogP contribution in [0.2, 0.25) is 0 Å². The number of carbonyl (C=O) groups is 1. The lowest BCUT2D eigenvalue weighted by molar-refractivity contribution is 0.0594. The van der Waals surface area contributed by atoms with Crippen LogP contribution >= 0.6 is 0 Å². The van der Waals surface area contributed by atoms with E-state index in [-0.39, 0.29) is 5.91 Å². The van der Waals surface area contributed by atoms with Gasteiger partial charge in [-0.3, -0.25) is 14.4 Å². The van der Waals surface area contributed by atoms with Gasteiger partial charge in [-0.05, 0) is 25.8 Å². The van der Waals surface area contributed by atoms with Gasteiger partial charge in [-0.15, -0.1) is 0 Å². The van der Waals surface area contributed by atoms with Crippen LogP contribution in [0.15, 0.2) is 36.5 Å². The summed E-state index contributed by atoms with van der Waals surface area (Å²) in [5.41, 5.74) is 2.99. The highest BCUT2D eigenvalue weighted by Gasteiger charge is 2.26. The third-order valence-corrected chi connectivity index (χ3v) is 5.02. The lowest BCUT2D eigenvalue weighted by Crippen LogP contribution is -2.50. The Morgan fingerprint density at radius 3 is 2.40 bits per heavy atom. The molecular formula is C20H28N4O. The standard InChI is InChI=1S/C20H28N4O/c1-4-19-18(14-21-24(19)15-17-8-6-5-7-9-17)20(25)23-12-10-22(11-13-23)16(2)3/h5-9,14,16H,4,10-13,15H2,1-3H3. The van der Waals surface area contributed by atoms with E-state index in [4.69, 9.17) is 0 Å². The van der Waals surface area contributed by atoms with E-state index in [0.717, 1.165) is 43.9 Å². The molecule has 2 heterocycles. The maximum atomic E-state index is 13.0. The lowest BCUT2D eigenvalue weighted by atomic mass is 10.1. The van der Waals surface area contributed by atoms with Crippen LogP contribution < -0.4 is 0 Å². The Kier molecular flexibility index (Phi) is 5.53. The van der Waals surface area contributed by atoms with E-state index in [2.05, 4.69) is 42.9 Å². The summed E-state index contributed by atoms with van der Waals surface area (Å²) in [5.74, 6) is 0.125. The third kappa shape index (κ3) is 3.93. The number of carbonyl (C=O) groups excluding carboxylic acids is 1. The second kappa shape index (κ2) is 7.83. The fourth-order valence-electron chi connectivity index (χ4n) is 3.47. The first-order chi connectivity index (χ1) is 12.1. The van der Waals surface area contributed by atoms with Gasteiger partial charge in [-0.2, -0.15) is 5.10 Å². The Morgan fingerprint density at radius 1 is 1.12 bits per heavy atom. The molecule has 2 aromatic rings. The van der Waals surface area contributed by atoms with Crippen molar-refractivity contribution < 1.29 is 4.79 Å². The van der Waals surface area contributed by atoms with Crippen molar-refractivity contribution in [3.05, 3.63) is 53.3 Å². The fraction of sp³-hybridized carbons (Fsp3) is 0.500. The van der Waals surface area contributed by atoms with Gasteiger partial charge >= 0.3 is 0 Å². The molecule has 0 spiro atoms. The zero-order valence-electron chi connectivity index (χ0n) is 15.5. The van der Waals surface area contributed by atoms with Gasteiger partial charge in [0, 0.05) is 32.2 Å². The maximum Gasteiger partial charge on any atom is 0.257 e. The van der Waals surface area contributed by atoms with Crippen molar-refractivity contribution in [1.82, 2.24) is 19.6 Å². The molecule has 1 fully saturated rings. The molecule has 5 heteroatoms. The van der Waals surface area contributed by atoms with E-state index in [1.165, 1.54) is 5.56 Å². The molecule has 1 aromatic heterocycles. The molecule has 25 heavy (non-hydrogen) atoms. The minimum absolute atomic E-state index is 0.125. The van der Waals surface area contributed by atoms with Crippen LogP contribution in [0.1, 0.15) is 42.4 Å². The topological polar surface area (TPSA) is 41.4 Å². The van der Waals surface area contributed by atoms with Crippen LogP contribution in [0.5, 0.6) is 0 Å². The van der Waals surface area contributed by atoms with Gasteiger partial charge in [0.05, 0.1) is 24.0 Å². The Labute approximate surface area is 150 Å². The average Bonchev–Trinajstić information content (AvgIpc) is 3.04. The highest BCUT2D eigenvalue weighted by atomic mass is 16.2. The molecule has 0 unspecified atom stereocenters. The summed E-state index contributed by atoms with van der Waals surface area (Å²) in [6.45, 7) is 10.7. The molecule has 1 aliphatic heterocycles. The molecule has 1 aromatic carbocycles. The highest BCUT2D eigenvalue weighted by Crippen LogP contribution is 2.16. The number of benzene rings is 1. The second-order valence-electron chi connectivity index (χ2n) is 6.92. The predicted molar refractivity (Wildman–Crippen MR) is 99.8 cm³/mol. The zero-order chi connectivity index (χ0) is 17.8. The molecular weight excluding hydrogens is 312 g/mol. The van der Waals surface area contributed by atoms with Crippen LogP contribution in [0.25, 0.3) is 0 Å². The van der Waals surface area contributed by atoms with E-state index in [1.807, 2.05) is 27.8 Å². The molecule has 1 saturated heterocycles. The molecule has 5 nitrogen and oxygen atoms in total. The first kappa shape index (κ1) is 17.7. The minimum atomic E-state index is 0.125. The van der Waals surface area contributed by atoms with Crippen molar-refractivity contribution >= 4 is 5.91 Å². The zero-order valence-corrected chi connectivity index (χ0v) is 15.5. The normalized spacial score (nSPS) is 15.8. The Hall–Kier alpha value is -2.14. The van der Waals surface area contributed by atoms with Crippen molar-refractivity contribution in [2.24, 2.45) is 0 Å². The molecule has 0 saturated carbocycles. The van der Waals surface area contributed by atoms with Crippen molar-refractivity contribution in [3.8, 4) is 0 Å². The van der Waals surface area contributed by atoms with Gasteiger partial charge in [0.1, 0.15) is 0 Å². The predicted octanol–water partition coefficient (Wildman–Crippen LogP) is 2.66. The van der Waals surface area contributed by atoms with Gasteiger partial charge in [0.25, 0.3) is 5.91 Å². The van der Waals surface area contributed by atoms with E-state index < -0.39 is 0 Å². The summed E-state index contributed by atoms with van der Waals surface area (Å²) < 4.78 is 1.97. The third-order valence-electron chi connectivity index (χ3n) is 5.02. The van der Waals surface area contributed by atoms with Crippen LogP contribution in [0.3, 0.4) is 0 Å². The minimum Gasteiger partial charge on any atom is -0.336 e. The molecule has 1 amide bonds. The monoisotopic (exact) mass is 340 g/mol. The highest BCUT2D eigenvalue weighted by molar-refractivity contribution is 5.95.